The Kier molecular flexibility index (Phi) is 4.76. The summed E-state index contributed by atoms with van der Waals surface area (Å²) in [6.45, 7) is 5.33. The molecular weight excluding hydrogens is 246 g/mol. The molecular formula is C14H19NO4. The second-order valence-corrected chi connectivity index (χ2v) is 4.10. The van der Waals surface area contributed by atoms with Crippen molar-refractivity contribution in [3.8, 4) is 5.75 Å². The van der Waals surface area contributed by atoms with Crippen molar-refractivity contribution in [2.45, 2.75) is 20.1 Å². The molecule has 104 valence electrons. The van der Waals surface area contributed by atoms with E-state index in [9.17, 15) is 4.79 Å². The Labute approximate surface area is 113 Å². The lowest BCUT2D eigenvalue weighted by Crippen LogP contribution is -2.44. The molecule has 0 saturated carbocycles. The maximum atomic E-state index is 12.0. The van der Waals surface area contributed by atoms with Gasteiger partial charge in [0, 0.05) is 13.2 Å². The summed E-state index contributed by atoms with van der Waals surface area (Å²) in [7, 11) is 0. The van der Waals surface area contributed by atoms with Gasteiger partial charge in [0.05, 0.1) is 12.2 Å². The maximum absolute atomic E-state index is 12.0. The number of carbonyl (C=O) groups excluding carboxylic acids is 1. The van der Waals surface area contributed by atoms with Crippen molar-refractivity contribution < 1.29 is 19.0 Å². The standard InChI is InChI=1S/C14H19NO4/c1-3-17-14(18-4-2)9-15-11-7-5-6-8-12(11)19-10-13(15)16/h5-8,14H,3-4,9-10H2,1-2H3. The maximum Gasteiger partial charge on any atom is 0.265 e. The highest BCUT2D eigenvalue weighted by Crippen LogP contribution is 2.31. The topological polar surface area (TPSA) is 48.0 Å². The number of para-hydroxylation sites is 2. The Morgan fingerprint density at radius 3 is 2.63 bits per heavy atom. The van der Waals surface area contributed by atoms with Crippen molar-refractivity contribution >= 4 is 11.6 Å². The molecule has 2 rings (SSSR count). The highest BCUT2D eigenvalue weighted by Gasteiger charge is 2.27. The molecule has 5 heteroatoms. The van der Waals surface area contributed by atoms with Crippen molar-refractivity contribution in [2.24, 2.45) is 0 Å². The van der Waals surface area contributed by atoms with Crippen molar-refractivity contribution in [1.82, 2.24) is 0 Å². The third-order valence-electron chi connectivity index (χ3n) is 2.85. The van der Waals surface area contributed by atoms with Gasteiger partial charge in [0.1, 0.15) is 5.75 Å². The predicted octanol–water partition coefficient (Wildman–Crippen LogP) is 1.81. The molecule has 1 amide bonds. The number of amides is 1. The van der Waals surface area contributed by atoms with E-state index in [1.807, 2.05) is 38.1 Å². The molecule has 0 aromatic heterocycles. The molecule has 1 aromatic rings. The lowest BCUT2D eigenvalue weighted by Gasteiger charge is -2.31. The van der Waals surface area contributed by atoms with Gasteiger partial charge >= 0.3 is 0 Å². The van der Waals surface area contributed by atoms with Crippen LogP contribution in [0, 0.1) is 0 Å². The predicted molar refractivity (Wildman–Crippen MR) is 71.3 cm³/mol. The van der Waals surface area contributed by atoms with Gasteiger partial charge in [-0.1, -0.05) is 12.1 Å². The summed E-state index contributed by atoms with van der Waals surface area (Å²) >= 11 is 0. The van der Waals surface area contributed by atoms with Crippen LogP contribution in [-0.4, -0.2) is 38.6 Å². The van der Waals surface area contributed by atoms with E-state index in [2.05, 4.69) is 0 Å². The molecule has 19 heavy (non-hydrogen) atoms. The lowest BCUT2D eigenvalue weighted by molar-refractivity contribution is -0.137. The summed E-state index contributed by atoms with van der Waals surface area (Å²) in [5.74, 6) is 0.636. The first kappa shape index (κ1) is 13.8. The van der Waals surface area contributed by atoms with Crippen LogP contribution in [0.25, 0.3) is 0 Å². The number of fused-ring (bicyclic) bond motifs is 1. The zero-order valence-corrected chi connectivity index (χ0v) is 11.3. The number of hydrogen-bond acceptors (Lipinski definition) is 4. The van der Waals surface area contributed by atoms with E-state index in [0.29, 0.717) is 25.5 Å². The smallest absolute Gasteiger partial charge is 0.265 e. The third-order valence-corrected chi connectivity index (χ3v) is 2.85. The lowest BCUT2D eigenvalue weighted by atomic mass is 10.2. The van der Waals surface area contributed by atoms with Crippen LogP contribution in [-0.2, 0) is 14.3 Å². The van der Waals surface area contributed by atoms with Crippen LogP contribution in [0.15, 0.2) is 24.3 Å². The van der Waals surface area contributed by atoms with E-state index < -0.39 is 6.29 Å². The number of anilines is 1. The van der Waals surface area contributed by atoms with Gasteiger partial charge in [-0.3, -0.25) is 4.79 Å². The molecule has 0 N–H and O–H groups in total. The van der Waals surface area contributed by atoms with Crippen LogP contribution in [0.3, 0.4) is 0 Å². The summed E-state index contributed by atoms with van der Waals surface area (Å²) in [4.78, 5) is 13.7. The Morgan fingerprint density at radius 1 is 1.26 bits per heavy atom. The number of ether oxygens (including phenoxy) is 3. The van der Waals surface area contributed by atoms with Gasteiger partial charge in [0.25, 0.3) is 5.91 Å². The molecule has 0 spiro atoms. The fourth-order valence-electron chi connectivity index (χ4n) is 2.03. The molecule has 0 aliphatic carbocycles. The van der Waals surface area contributed by atoms with E-state index >= 15 is 0 Å². The number of benzene rings is 1. The molecule has 0 fully saturated rings. The van der Waals surface area contributed by atoms with Crippen molar-refractivity contribution in [3.63, 3.8) is 0 Å². The summed E-state index contributed by atoms with van der Waals surface area (Å²) in [5.41, 5.74) is 0.767. The highest BCUT2D eigenvalue weighted by atomic mass is 16.7. The normalized spacial score (nSPS) is 14.5. The van der Waals surface area contributed by atoms with Crippen molar-refractivity contribution in [1.29, 1.82) is 0 Å². The van der Waals surface area contributed by atoms with Gasteiger partial charge in [0.15, 0.2) is 12.9 Å². The fraction of sp³-hybridized carbons (Fsp3) is 0.500. The van der Waals surface area contributed by atoms with Crippen LogP contribution >= 0.6 is 0 Å². The van der Waals surface area contributed by atoms with Crippen molar-refractivity contribution in [3.05, 3.63) is 24.3 Å². The minimum absolute atomic E-state index is 0.0575. The zero-order chi connectivity index (χ0) is 13.7. The van der Waals surface area contributed by atoms with Crippen LogP contribution in [0.4, 0.5) is 5.69 Å². The van der Waals surface area contributed by atoms with E-state index in [1.165, 1.54) is 0 Å². The van der Waals surface area contributed by atoms with Crippen LogP contribution in [0.1, 0.15) is 13.8 Å². The molecule has 0 atom stereocenters. The van der Waals surface area contributed by atoms with E-state index in [0.717, 1.165) is 5.69 Å². The Hall–Kier alpha value is -1.59. The average molecular weight is 265 g/mol. The Bertz CT molecular complexity index is 429. The molecule has 1 heterocycles. The van der Waals surface area contributed by atoms with Gasteiger partial charge in [-0.15, -0.1) is 0 Å². The Morgan fingerprint density at radius 2 is 1.95 bits per heavy atom. The zero-order valence-electron chi connectivity index (χ0n) is 11.3. The van der Waals surface area contributed by atoms with E-state index in [-0.39, 0.29) is 12.5 Å². The number of nitrogens with zero attached hydrogens (tertiary/aromatic N) is 1. The monoisotopic (exact) mass is 265 g/mol. The molecule has 0 radical (unpaired) electrons. The minimum atomic E-state index is -0.412. The van der Waals surface area contributed by atoms with E-state index in [1.54, 1.807) is 4.90 Å². The van der Waals surface area contributed by atoms with Crippen molar-refractivity contribution in [2.75, 3.05) is 31.3 Å². The van der Waals surface area contributed by atoms with E-state index in [4.69, 9.17) is 14.2 Å². The van der Waals surface area contributed by atoms with Gasteiger partial charge in [0.2, 0.25) is 0 Å². The second kappa shape index (κ2) is 6.54. The van der Waals surface area contributed by atoms with Crippen LogP contribution in [0.5, 0.6) is 5.75 Å². The quantitative estimate of drug-likeness (QED) is 0.736. The second-order valence-electron chi connectivity index (χ2n) is 4.10. The molecule has 1 aliphatic heterocycles. The average Bonchev–Trinajstić information content (AvgIpc) is 2.42. The molecule has 0 bridgehead atoms. The van der Waals surface area contributed by atoms with Gasteiger partial charge in [-0.25, -0.2) is 0 Å². The molecule has 1 aromatic carbocycles. The third kappa shape index (κ3) is 3.24. The first-order chi connectivity index (χ1) is 9.26. The fourth-order valence-corrected chi connectivity index (χ4v) is 2.03. The largest absolute Gasteiger partial charge is 0.482 e. The Balaban J connectivity index is 2.15. The summed E-state index contributed by atoms with van der Waals surface area (Å²) in [6, 6.07) is 7.48. The number of rotatable bonds is 6. The summed E-state index contributed by atoms with van der Waals surface area (Å²) < 4.78 is 16.4. The summed E-state index contributed by atoms with van der Waals surface area (Å²) in [5, 5.41) is 0. The highest BCUT2D eigenvalue weighted by molar-refractivity contribution is 5.97. The van der Waals surface area contributed by atoms with Crippen LogP contribution < -0.4 is 9.64 Å². The van der Waals surface area contributed by atoms with Crippen LogP contribution in [0.2, 0.25) is 0 Å². The van der Waals surface area contributed by atoms with Gasteiger partial charge in [-0.2, -0.15) is 0 Å². The summed E-state index contributed by atoms with van der Waals surface area (Å²) in [6.07, 6.45) is -0.412. The molecule has 1 aliphatic rings. The molecule has 0 unspecified atom stereocenters. The first-order valence-electron chi connectivity index (χ1n) is 6.51. The number of hydrogen-bond donors (Lipinski definition) is 0. The molecule has 0 saturated heterocycles. The first-order valence-corrected chi connectivity index (χ1v) is 6.51. The van der Waals surface area contributed by atoms with Gasteiger partial charge < -0.3 is 19.1 Å². The number of carbonyl (C=O) groups is 1. The SMILES string of the molecule is CCOC(CN1C(=O)COc2ccccc21)OCC. The minimum Gasteiger partial charge on any atom is -0.482 e. The van der Waals surface area contributed by atoms with Gasteiger partial charge in [-0.05, 0) is 26.0 Å². The molecule has 5 nitrogen and oxygen atoms in total.